The minimum atomic E-state index is -0.0136. The number of hydrogen-bond acceptors (Lipinski definition) is 3. The predicted molar refractivity (Wildman–Crippen MR) is 85.9 cm³/mol. The average Bonchev–Trinajstić information content (AvgIpc) is 2.48. The summed E-state index contributed by atoms with van der Waals surface area (Å²) in [4.78, 5) is 11.8. The van der Waals surface area contributed by atoms with Crippen molar-refractivity contribution >= 4 is 17.3 Å². The zero-order chi connectivity index (χ0) is 15.1. The van der Waals surface area contributed by atoms with Gasteiger partial charge in [-0.05, 0) is 36.8 Å². The fourth-order valence-corrected chi connectivity index (χ4v) is 2.02. The second-order valence-corrected chi connectivity index (χ2v) is 4.79. The largest absolute Gasteiger partial charge is 0.495 e. The van der Waals surface area contributed by atoms with Crippen LogP contribution in [0, 0.1) is 6.92 Å². The van der Waals surface area contributed by atoms with Crippen LogP contribution in [0.5, 0.6) is 5.75 Å². The van der Waals surface area contributed by atoms with Crippen LogP contribution >= 0.6 is 0 Å². The Bertz CT molecular complexity index is 597. The van der Waals surface area contributed by atoms with Crippen LogP contribution in [0.25, 0.3) is 0 Å². The molecule has 0 aromatic heterocycles. The highest BCUT2D eigenvalue weighted by Gasteiger charge is 2.05. The summed E-state index contributed by atoms with van der Waals surface area (Å²) in [7, 11) is 1.64. The quantitative estimate of drug-likeness (QED) is 0.854. The Kier molecular flexibility index (Phi) is 5.21. The molecule has 2 N–H and O–H groups in total. The SMILES string of the molecule is COc1ccc(C)cc1NCCC(=O)Nc1ccccc1. The maximum Gasteiger partial charge on any atom is 0.226 e. The smallest absolute Gasteiger partial charge is 0.226 e. The van der Waals surface area contributed by atoms with E-state index in [1.54, 1.807) is 7.11 Å². The normalized spacial score (nSPS) is 10.0. The molecule has 0 saturated carbocycles. The molecule has 0 aliphatic heterocycles. The molecule has 0 heterocycles. The van der Waals surface area contributed by atoms with Crippen molar-refractivity contribution in [3.8, 4) is 5.75 Å². The second-order valence-electron chi connectivity index (χ2n) is 4.79. The van der Waals surface area contributed by atoms with Gasteiger partial charge in [-0.2, -0.15) is 0 Å². The van der Waals surface area contributed by atoms with Crippen molar-refractivity contribution in [2.45, 2.75) is 13.3 Å². The zero-order valence-corrected chi connectivity index (χ0v) is 12.3. The van der Waals surface area contributed by atoms with Crippen LogP contribution < -0.4 is 15.4 Å². The summed E-state index contributed by atoms with van der Waals surface area (Å²) in [6.45, 7) is 2.57. The maximum atomic E-state index is 11.8. The maximum absolute atomic E-state index is 11.8. The number of nitrogens with one attached hydrogen (secondary N) is 2. The highest BCUT2D eigenvalue weighted by Crippen LogP contribution is 2.24. The summed E-state index contributed by atoms with van der Waals surface area (Å²) in [5.41, 5.74) is 2.87. The van der Waals surface area contributed by atoms with E-state index in [0.29, 0.717) is 13.0 Å². The number of amides is 1. The first-order valence-electron chi connectivity index (χ1n) is 6.92. The van der Waals surface area contributed by atoms with E-state index in [-0.39, 0.29) is 5.91 Å². The van der Waals surface area contributed by atoms with Gasteiger partial charge in [-0.3, -0.25) is 4.79 Å². The standard InChI is InChI=1S/C17H20N2O2/c1-13-8-9-16(21-2)15(12-13)18-11-10-17(20)19-14-6-4-3-5-7-14/h3-9,12,18H,10-11H2,1-2H3,(H,19,20). The van der Waals surface area contributed by atoms with Gasteiger partial charge in [-0.25, -0.2) is 0 Å². The topological polar surface area (TPSA) is 50.4 Å². The number of anilines is 2. The van der Waals surface area contributed by atoms with Crippen molar-refractivity contribution in [2.75, 3.05) is 24.3 Å². The first-order valence-corrected chi connectivity index (χ1v) is 6.92. The third-order valence-electron chi connectivity index (χ3n) is 3.08. The van der Waals surface area contributed by atoms with Gasteiger partial charge in [0.15, 0.2) is 0 Å². The lowest BCUT2D eigenvalue weighted by Crippen LogP contribution is -2.16. The first kappa shape index (κ1) is 14.9. The summed E-state index contributed by atoms with van der Waals surface area (Å²) in [5, 5.41) is 6.09. The lowest BCUT2D eigenvalue weighted by molar-refractivity contribution is -0.115. The Morgan fingerprint density at radius 1 is 1.14 bits per heavy atom. The van der Waals surface area contributed by atoms with Gasteiger partial charge in [0.2, 0.25) is 5.91 Å². The van der Waals surface area contributed by atoms with Crippen LogP contribution in [0.1, 0.15) is 12.0 Å². The Labute approximate surface area is 125 Å². The molecule has 0 unspecified atom stereocenters. The fourth-order valence-electron chi connectivity index (χ4n) is 2.02. The number of ether oxygens (including phenoxy) is 1. The van der Waals surface area contributed by atoms with Gasteiger partial charge in [-0.1, -0.05) is 24.3 Å². The van der Waals surface area contributed by atoms with E-state index in [9.17, 15) is 4.79 Å². The number of para-hydroxylation sites is 1. The van der Waals surface area contributed by atoms with Gasteiger partial charge in [0.05, 0.1) is 12.8 Å². The number of methoxy groups -OCH3 is 1. The van der Waals surface area contributed by atoms with Gasteiger partial charge in [0.1, 0.15) is 5.75 Å². The van der Waals surface area contributed by atoms with Crippen LogP contribution in [0.15, 0.2) is 48.5 Å². The molecule has 4 heteroatoms. The molecule has 0 spiro atoms. The third-order valence-corrected chi connectivity index (χ3v) is 3.08. The molecule has 2 aromatic carbocycles. The van der Waals surface area contributed by atoms with E-state index in [2.05, 4.69) is 10.6 Å². The van der Waals surface area contributed by atoms with Gasteiger partial charge < -0.3 is 15.4 Å². The summed E-state index contributed by atoms with van der Waals surface area (Å²) < 4.78 is 5.29. The number of hydrogen-bond donors (Lipinski definition) is 2. The number of rotatable bonds is 6. The minimum absolute atomic E-state index is 0.0136. The fraction of sp³-hybridized carbons (Fsp3) is 0.235. The van der Waals surface area contributed by atoms with Crippen molar-refractivity contribution in [1.82, 2.24) is 0 Å². The van der Waals surface area contributed by atoms with Gasteiger partial charge in [0.25, 0.3) is 0 Å². The number of benzene rings is 2. The summed E-state index contributed by atoms with van der Waals surface area (Å²) >= 11 is 0. The van der Waals surface area contributed by atoms with Gasteiger partial charge >= 0.3 is 0 Å². The monoisotopic (exact) mass is 284 g/mol. The van der Waals surface area contributed by atoms with E-state index in [1.165, 1.54) is 0 Å². The molecule has 2 aromatic rings. The van der Waals surface area contributed by atoms with Crippen molar-refractivity contribution < 1.29 is 9.53 Å². The van der Waals surface area contributed by atoms with E-state index in [1.807, 2.05) is 55.5 Å². The lowest BCUT2D eigenvalue weighted by Gasteiger charge is -2.12. The molecule has 0 aliphatic rings. The van der Waals surface area contributed by atoms with Crippen molar-refractivity contribution in [3.05, 3.63) is 54.1 Å². The van der Waals surface area contributed by atoms with E-state index in [0.717, 1.165) is 22.7 Å². The molecule has 0 fully saturated rings. The van der Waals surface area contributed by atoms with Crippen LogP contribution in [-0.4, -0.2) is 19.6 Å². The molecule has 0 aliphatic carbocycles. The highest BCUT2D eigenvalue weighted by atomic mass is 16.5. The summed E-state index contributed by atoms with van der Waals surface area (Å²) in [5.74, 6) is 0.768. The van der Waals surface area contributed by atoms with E-state index in [4.69, 9.17) is 4.74 Å². The highest BCUT2D eigenvalue weighted by molar-refractivity contribution is 5.90. The summed E-state index contributed by atoms with van der Waals surface area (Å²) in [6.07, 6.45) is 0.395. The second kappa shape index (κ2) is 7.33. The lowest BCUT2D eigenvalue weighted by atomic mass is 10.2. The predicted octanol–water partition coefficient (Wildman–Crippen LogP) is 3.44. The average molecular weight is 284 g/mol. The minimum Gasteiger partial charge on any atom is -0.495 e. The molecule has 0 bridgehead atoms. The van der Waals surface area contributed by atoms with Crippen LogP contribution in [-0.2, 0) is 4.79 Å². The van der Waals surface area contributed by atoms with E-state index < -0.39 is 0 Å². The first-order chi connectivity index (χ1) is 10.2. The molecule has 4 nitrogen and oxygen atoms in total. The Morgan fingerprint density at radius 3 is 2.62 bits per heavy atom. The molecule has 2 rings (SSSR count). The number of carbonyl (C=O) groups is 1. The summed E-state index contributed by atoms with van der Waals surface area (Å²) in [6, 6.07) is 15.4. The van der Waals surface area contributed by atoms with Crippen molar-refractivity contribution in [3.63, 3.8) is 0 Å². The molecule has 110 valence electrons. The molecule has 0 atom stereocenters. The molecular formula is C17H20N2O2. The Balaban J connectivity index is 1.84. The number of aryl methyl sites for hydroxylation is 1. The van der Waals surface area contributed by atoms with Crippen LogP contribution in [0.4, 0.5) is 11.4 Å². The number of carbonyl (C=O) groups excluding carboxylic acids is 1. The van der Waals surface area contributed by atoms with Gasteiger partial charge in [-0.15, -0.1) is 0 Å². The van der Waals surface area contributed by atoms with E-state index >= 15 is 0 Å². The van der Waals surface area contributed by atoms with Gasteiger partial charge in [0, 0.05) is 18.7 Å². The van der Waals surface area contributed by atoms with Crippen molar-refractivity contribution in [2.24, 2.45) is 0 Å². The zero-order valence-electron chi connectivity index (χ0n) is 12.3. The Hall–Kier alpha value is -2.49. The molecule has 0 radical (unpaired) electrons. The molecule has 0 saturated heterocycles. The van der Waals surface area contributed by atoms with Crippen LogP contribution in [0.2, 0.25) is 0 Å². The Morgan fingerprint density at radius 2 is 1.90 bits per heavy atom. The molecule has 1 amide bonds. The third kappa shape index (κ3) is 4.53. The van der Waals surface area contributed by atoms with Crippen molar-refractivity contribution in [1.29, 1.82) is 0 Å². The van der Waals surface area contributed by atoms with Crippen LogP contribution in [0.3, 0.4) is 0 Å². The molecular weight excluding hydrogens is 264 g/mol. The molecule has 21 heavy (non-hydrogen) atoms.